The number of carbonyl (C=O) groups excluding carboxylic acids is 1. The number of nitrogens with one attached hydrogen (secondary N) is 1. The van der Waals surface area contributed by atoms with Crippen LogP contribution in [0.25, 0.3) is 0 Å². The third-order valence-electron chi connectivity index (χ3n) is 1.14. The van der Waals surface area contributed by atoms with Crippen molar-refractivity contribution < 1.29 is 9.53 Å². The Labute approximate surface area is 69.1 Å². The molecular weight excluding hydrogens is 142 g/mol. The highest BCUT2D eigenvalue weighted by molar-refractivity contribution is 5.10. The molecule has 0 aromatic carbocycles. The molecule has 0 spiro atoms. The highest BCUT2D eigenvalue weighted by atomic mass is 16.5. The van der Waals surface area contributed by atoms with E-state index in [1.807, 2.05) is 13.8 Å². The molecule has 0 atom stereocenters. The fourth-order valence-electron chi connectivity index (χ4n) is 0.628. The van der Waals surface area contributed by atoms with Crippen molar-refractivity contribution in [2.24, 2.45) is 0 Å². The first-order valence-electron chi connectivity index (χ1n) is 3.93. The minimum Gasteiger partial charge on any atom is -0.366 e. The van der Waals surface area contributed by atoms with E-state index in [1.54, 1.807) is 0 Å². The van der Waals surface area contributed by atoms with Gasteiger partial charge in [-0.2, -0.15) is 0 Å². The van der Waals surface area contributed by atoms with Gasteiger partial charge in [0.05, 0.1) is 6.73 Å². The summed E-state index contributed by atoms with van der Waals surface area (Å²) in [4.78, 5) is 8.00. The Morgan fingerprint density at radius 1 is 1.36 bits per heavy atom. The average Bonchev–Trinajstić information content (AvgIpc) is 2.08. The van der Waals surface area contributed by atoms with Crippen molar-refractivity contribution in [3.63, 3.8) is 0 Å². The Kier molecular flexibility index (Phi) is 19.6. The molecule has 0 saturated heterocycles. The summed E-state index contributed by atoms with van der Waals surface area (Å²) in [6.07, 6.45) is 3.74. The molecule has 0 fully saturated rings. The van der Waals surface area contributed by atoms with Crippen LogP contribution in [-0.2, 0) is 9.53 Å². The molecule has 11 heavy (non-hydrogen) atoms. The summed E-state index contributed by atoms with van der Waals surface area (Å²) in [6, 6.07) is 0. The first kappa shape index (κ1) is 13.2. The fraction of sp³-hybridized carbons (Fsp3) is 0.875. The van der Waals surface area contributed by atoms with Crippen LogP contribution < -0.4 is 5.32 Å². The molecule has 3 nitrogen and oxygen atoms in total. The van der Waals surface area contributed by atoms with Crippen LogP contribution in [-0.4, -0.2) is 27.2 Å². The largest absolute Gasteiger partial charge is 0.366 e. The molecule has 0 aromatic rings. The first-order valence-corrected chi connectivity index (χ1v) is 3.93. The van der Waals surface area contributed by atoms with Gasteiger partial charge in [0.15, 0.2) is 0 Å². The van der Waals surface area contributed by atoms with E-state index in [4.69, 9.17) is 9.53 Å². The molecule has 68 valence electrons. The summed E-state index contributed by atoms with van der Waals surface area (Å²) >= 11 is 0. The van der Waals surface area contributed by atoms with Crippen molar-refractivity contribution in [3.8, 4) is 0 Å². The third kappa shape index (κ3) is 17.7. The van der Waals surface area contributed by atoms with Crippen LogP contribution in [0, 0.1) is 0 Å². The van der Waals surface area contributed by atoms with Crippen molar-refractivity contribution in [3.05, 3.63) is 0 Å². The highest BCUT2D eigenvalue weighted by Gasteiger charge is 1.84. The molecule has 0 radical (unpaired) electrons. The van der Waals surface area contributed by atoms with Crippen LogP contribution in [0.4, 0.5) is 0 Å². The summed E-state index contributed by atoms with van der Waals surface area (Å²) < 4.78 is 5.17. The maximum absolute atomic E-state index is 8.00. The van der Waals surface area contributed by atoms with Crippen LogP contribution in [0.15, 0.2) is 0 Å². The van der Waals surface area contributed by atoms with Crippen LogP contribution in [0.5, 0.6) is 0 Å². The summed E-state index contributed by atoms with van der Waals surface area (Å²) in [6.45, 7) is 5.77. The monoisotopic (exact) mass is 161 g/mol. The van der Waals surface area contributed by atoms with E-state index in [0.29, 0.717) is 6.73 Å². The fourth-order valence-corrected chi connectivity index (χ4v) is 0.628. The molecule has 0 aliphatic carbocycles. The van der Waals surface area contributed by atoms with Gasteiger partial charge in [-0.25, -0.2) is 0 Å². The van der Waals surface area contributed by atoms with Gasteiger partial charge in [0.25, 0.3) is 0 Å². The topological polar surface area (TPSA) is 38.3 Å². The van der Waals surface area contributed by atoms with Crippen LogP contribution in [0.2, 0.25) is 0 Å². The second-order valence-corrected chi connectivity index (χ2v) is 2.11. The zero-order valence-corrected chi connectivity index (χ0v) is 7.56. The quantitative estimate of drug-likeness (QED) is 0.469. The molecule has 0 heterocycles. The van der Waals surface area contributed by atoms with E-state index in [2.05, 4.69) is 12.2 Å². The number of rotatable bonds is 6. The lowest BCUT2D eigenvalue weighted by atomic mass is 10.3. The Morgan fingerprint density at radius 3 is 2.45 bits per heavy atom. The second-order valence-electron chi connectivity index (χ2n) is 2.11. The smallest absolute Gasteiger partial charge is 0.106 e. The molecule has 0 amide bonds. The number of unbranched alkanes of at least 4 members (excludes halogenated alkanes) is 2. The second kappa shape index (κ2) is 16.3. The van der Waals surface area contributed by atoms with E-state index >= 15 is 0 Å². The Bertz CT molecular complexity index is 54.1. The van der Waals surface area contributed by atoms with Gasteiger partial charge in [-0.3, -0.25) is 5.32 Å². The average molecular weight is 161 g/mol. The summed E-state index contributed by atoms with van der Waals surface area (Å²) in [5.74, 6) is 0. The maximum atomic E-state index is 8.00. The van der Waals surface area contributed by atoms with Crippen molar-refractivity contribution >= 4 is 6.79 Å². The van der Waals surface area contributed by atoms with Crippen molar-refractivity contribution in [2.75, 3.05) is 20.4 Å². The lowest BCUT2D eigenvalue weighted by Crippen LogP contribution is -2.11. The normalized spacial score (nSPS) is 8.55. The summed E-state index contributed by atoms with van der Waals surface area (Å²) in [7, 11) is 1.89. The Morgan fingerprint density at radius 2 is 2.00 bits per heavy atom. The molecular formula is C8H19NO2. The molecule has 0 unspecified atom stereocenters. The molecule has 0 aliphatic rings. The SMILES string of the molecule is C=O.CCCCCOCNC. The lowest BCUT2D eigenvalue weighted by molar-refractivity contribution is -0.0979. The predicted molar refractivity (Wildman–Crippen MR) is 46.5 cm³/mol. The minimum atomic E-state index is 0.684. The van der Waals surface area contributed by atoms with Gasteiger partial charge in [0, 0.05) is 6.61 Å². The van der Waals surface area contributed by atoms with Crippen LogP contribution >= 0.6 is 0 Å². The van der Waals surface area contributed by atoms with E-state index < -0.39 is 0 Å². The lowest BCUT2D eigenvalue weighted by Gasteiger charge is -2.00. The molecule has 0 bridgehead atoms. The standard InChI is InChI=1S/C7H17NO.CH2O/c1-3-4-5-6-9-7-8-2;1-2/h8H,3-7H2,1-2H3;1H2. The predicted octanol–water partition coefficient (Wildman–Crippen LogP) is 1.19. The Balaban J connectivity index is 0. The molecule has 0 aromatic heterocycles. The number of carbonyl (C=O) groups is 1. The van der Waals surface area contributed by atoms with E-state index in [1.165, 1.54) is 19.3 Å². The van der Waals surface area contributed by atoms with Gasteiger partial charge in [0.2, 0.25) is 0 Å². The van der Waals surface area contributed by atoms with Crippen LogP contribution in [0.1, 0.15) is 26.2 Å². The summed E-state index contributed by atoms with van der Waals surface area (Å²) in [5.41, 5.74) is 0. The molecule has 3 heteroatoms. The van der Waals surface area contributed by atoms with E-state index in [-0.39, 0.29) is 0 Å². The zero-order chi connectivity index (χ0) is 8.95. The molecule has 0 rings (SSSR count). The van der Waals surface area contributed by atoms with E-state index in [0.717, 1.165) is 6.61 Å². The van der Waals surface area contributed by atoms with E-state index in [9.17, 15) is 0 Å². The maximum Gasteiger partial charge on any atom is 0.106 e. The third-order valence-corrected chi connectivity index (χ3v) is 1.14. The van der Waals surface area contributed by atoms with Gasteiger partial charge >= 0.3 is 0 Å². The first-order chi connectivity index (χ1) is 5.41. The van der Waals surface area contributed by atoms with Crippen molar-refractivity contribution in [2.45, 2.75) is 26.2 Å². The number of hydrogen-bond acceptors (Lipinski definition) is 3. The van der Waals surface area contributed by atoms with Gasteiger partial charge < -0.3 is 9.53 Å². The van der Waals surface area contributed by atoms with Gasteiger partial charge in [-0.05, 0) is 13.5 Å². The number of hydrogen-bond donors (Lipinski definition) is 1. The van der Waals surface area contributed by atoms with Crippen molar-refractivity contribution in [1.29, 1.82) is 0 Å². The molecule has 1 N–H and O–H groups in total. The molecule has 0 saturated carbocycles. The molecule has 0 aliphatic heterocycles. The van der Waals surface area contributed by atoms with Crippen LogP contribution in [0.3, 0.4) is 0 Å². The summed E-state index contributed by atoms with van der Waals surface area (Å²) in [5, 5.41) is 2.92. The minimum absolute atomic E-state index is 0.684. The van der Waals surface area contributed by atoms with Crippen molar-refractivity contribution in [1.82, 2.24) is 5.32 Å². The Hall–Kier alpha value is -0.410. The number of ether oxygens (including phenoxy) is 1. The zero-order valence-electron chi connectivity index (χ0n) is 7.56. The highest BCUT2D eigenvalue weighted by Crippen LogP contribution is 1.92. The van der Waals surface area contributed by atoms with Gasteiger partial charge in [-0.15, -0.1) is 0 Å². The van der Waals surface area contributed by atoms with Gasteiger partial charge in [-0.1, -0.05) is 19.8 Å². The van der Waals surface area contributed by atoms with Gasteiger partial charge in [0.1, 0.15) is 6.79 Å².